The van der Waals surface area contributed by atoms with Gasteiger partial charge in [-0.2, -0.15) is 0 Å². The van der Waals surface area contributed by atoms with Crippen molar-refractivity contribution >= 4 is 27.3 Å². The molecule has 1 aliphatic rings. The number of amides is 1. The summed E-state index contributed by atoms with van der Waals surface area (Å²) in [6.45, 7) is 3.53. The van der Waals surface area contributed by atoms with Crippen LogP contribution in [0, 0.1) is 0 Å². The first kappa shape index (κ1) is 16.5. The van der Waals surface area contributed by atoms with Crippen LogP contribution in [-0.2, 0) is 16.4 Å². The molecule has 2 aromatic rings. The molecule has 0 fully saturated rings. The third-order valence-electron chi connectivity index (χ3n) is 4.19. The maximum absolute atomic E-state index is 12.4. The lowest BCUT2D eigenvalue weighted by Crippen LogP contribution is -2.36. The predicted molar refractivity (Wildman–Crippen MR) is 95.9 cm³/mol. The zero-order valence-corrected chi connectivity index (χ0v) is 14.5. The number of fused-ring (bicyclic) bond motifs is 1. The van der Waals surface area contributed by atoms with E-state index < -0.39 is 10.0 Å². The summed E-state index contributed by atoms with van der Waals surface area (Å²) in [5, 5.41) is 2.84. The maximum Gasteiger partial charge on any atom is 0.255 e. The number of benzene rings is 2. The van der Waals surface area contributed by atoms with Crippen molar-refractivity contribution in [3.8, 4) is 0 Å². The molecule has 1 heterocycles. The number of carbonyl (C=O) groups is 1. The Morgan fingerprint density at radius 1 is 1.21 bits per heavy atom. The van der Waals surface area contributed by atoms with Crippen molar-refractivity contribution in [1.82, 2.24) is 0 Å². The lowest BCUT2D eigenvalue weighted by molar-refractivity contribution is 0.102. The summed E-state index contributed by atoms with van der Waals surface area (Å²) in [6.07, 6.45) is 0.612. The first-order valence-electron chi connectivity index (χ1n) is 7.94. The van der Waals surface area contributed by atoms with E-state index in [1.54, 1.807) is 25.1 Å². The number of nitrogens with zero attached hydrogens (tertiary/aromatic N) is 1. The number of sulfonamides is 1. The number of anilines is 2. The van der Waals surface area contributed by atoms with Crippen molar-refractivity contribution in [2.24, 2.45) is 0 Å². The van der Waals surface area contributed by atoms with Crippen molar-refractivity contribution in [3.05, 3.63) is 59.7 Å². The zero-order valence-electron chi connectivity index (χ0n) is 13.7. The van der Waals surface area contributed by atoms with E-state index in [9.17, 15) is 13.2 Å². The topological polar surface area (TPSA) is 66.5 Å². The molecule has 1 amide bonds. The van der Waals surface area contributed by atoms with Crippen LogP contribution in [0.3, 0.4) is 0 Å². The van der Waals surface area contributed by atoms with E-state index in [4.69, 9.17) is 0 Å². The molecular formula is C18H20N2O3S. The molecule has 0 saturated heterocycles. The van der Waals surface area contributed by atoms with E-state index >= 15 is 0 Å². The summed E-state index contributed by atoms with van der Waals surface area (Å²) >= 11 is 0. The summed E-state index contributed by atoms with van der Waals surface area (Å²) in [4.78, 5) is 12.4. The van der Waals surface area contributed by atoms with E-state index in [0.717, 1.165) is 11.3 Å². The highest BCUT2D eigenvalue weighted by Gasteiger charge is 2.34. The first-order chi connectivity index (χ1) is 11.4. The first-order valence-corrected chi connectivity index (χ1v) is 9.54. The minimum atomic E-state index is -3.31. The van der Waals surface area contributed by atoms with Crippen molar-refractivity contribution in [2.75, 3.05) is 15.4 Å². The van der Waals surface area contributed by atoms with Gasteiger partial charge in [-0.3, -0.25) is 9.10 Å². The fraction of sp³-hybridized carbons (Fsp3) is 0.278. The number of para-hydroxylation sites is 1. The number of rotatable bonds is 4. The second-order valence-corrected chi connectivity index (χ2v) is 8.05. The molecule has 0 bridgehead atoms. The molecule has 126 valence electrons. The Morgan fingerprint density at radius 2 is 1.92 bits per heavy atom. The Balaban J connectivity index is 1.88. The smallest absolute Gasteiger partial charge is 0.255 e. The van der Waals surface area contributed by atoms with Crippen LogP contribution in [-0.4, -0.2) is 26.1 Å². The molecule has 5 nitrogen and oxygen atoms in total. The number of hydrogen-bond acceptors (Lipinski definition) is 3. The summed E-state index contributed by atoms with van der Waals surface area (Å²) < 4.78 is 26.0. The van der Waals surface area contributed by atoms with Gasteiger partial charge in [-0.1, -0.05) is 18.2 Å². The second-order valence-electron chi connectivity index (χ2n) is 5.91. The molecule has 1 aliphatic heterocycles. The normalized spacial score (nSPS) is 16.8. The highest BCUT2D eigenvalue weighted by molar-refractivity contribution is 7.92. The summed E-state index contributed by atoms with van der Waals surface area (Å²) in [7, 11) is -3.31. The lowest BCUT2D eigenvalue weighted by Gasteiger charge is -2.23. The lowest BCUT2D eigenvalue weighted by atomic mass is 10.1. The van der Waals surface area contributed by atoms with E-state index in [2.05, 4.69) is 5.32 Å². The Hall–Kier alpha value is -2.34. The number of hydrogen-bond donors (Lipinski definition) is 1. The second kappa shape index (κ2) is 6.28. The quantitative estimate of drug-likeness (QED) is 0.927. The van der Waals surface area contributed by atoms with Crippen LogP contribution in [0.5, 0.6) is 0 Å². The van der Waals surface area contributed by atoms with Crippen LogP contribution < -0.4 is 9.62 Å². The Bertz CT molecular complexity index is 863. The van der Waals surface area contributed by atoms with Gasteiger partial charge in [0.2, 0.25) is 10.0 Å². The molecule has 0 saturated carbocycles. The van der Waals surface area contributed by atoms with E-state index in [1.165, 1.54) is 4.31 Å². The van der Waals surface area contributed by atoms with E-state index in [0.29, 0.717) is 17.7 Å². The van der Waals surface area contributed by atoms with Crippen LogP contribution >= 0.6 is 0 Å². The van der Waals surface area contributed by atoms with Gasteiger partial charge >= 0.3 is 0 Å². The molecule has 0 aromatic heterocycles. The minimum absolute atomic E-state index is 0.0625. The van der Waals surface area contributed by atoms with Gasteiger partial charge in [-0.15, -0.1) is 0 Å². The Labute approximate surface area is 142 Å². The average Bonchev–Trinajstić information content (AvgIpc) is 2.91. The van der Waals surface area contributed by atoms with Crippen molar-refractivity contribution in [1.29, 1.82) is 0 Å². The monoisotopic (exact) mass is 344 g/mol. The van der Waals surface area contributed by atoms with Crippen LogP contribution in [0.15, 0.2) is 48.5 Å². The minimum Gasteiger partial charge on any atom is -0.322 e. The highest BCUT2D eigenvalue weighted by Crippen LogP contribution is 2.35. The molecular weight excluding hydrogens is 324 g/mol. The molecule has 0 radical (unpaired) electrons. The number of carbonyl (C=O) groups excluding carboxylic acids is 1. The fourth-order valence-corrected chi connectivity index (χ4v) is 4.41. The molecule has 24 heavy (non-hydrogen) atoms. The Kier molecular flexibility index (Phi) is 4.32. The highest BCUT2D eigenvalue weighted by atomic mass is 32.2. The van der Waals surface area contributed by atoms with Gasteiger partial charge in [-0.05, 0) is 56.2 Å². The van der Waals surface area contributed by atoms with E-state index in [1.807, 2.05) is 37.3 Å². The number of nitrogens with one attached hydrogen (secondary N) is 1. The van der Waals surface area contributed by atoms with Gasteiger partial charge in [0.1, 0.15) is 0 Å². The van der Waals surface area contributed by atoms with Gasteiger partial charge in [0.05, 0.1) is 11.4 Å². The molecule has 1 N–H and O–H groups in total. The molecule has 1 atom stereocenters. The summed E-state index contributed by atoms with van der Waals surface area (Å²) in [5.74, 6) is -0.138. The van der Waals surface area contributed by atoms with Crippen LogP contribution in [0.4, 0.5) is 11.4 Å². The van der Waals surface area contributed by atoms with Crippen molar-refractivity contribution in [2.45, 2.75) is 26.3 Å². The molecule has 3 rings (SSSR count). The van der Waals surface area contributed by atoms with Crippen molar-refractivity contribution in [3.63, 3.8) is 0 Å². The van der Waals surface area contributed by atoms with Gasteiger partial charge in [0, 0.05) is 17.3 Å². The molecule has 0 unspecified atom stereocenters. The Morgan fingerprint density at radius 3 is 2.58 bits per heavy atom. The molecule has 2 aromatic carbocycles. The standard InChI is InChI=1S/C18H20N2O3S/c1-3-24(22,23)20-13(2)11-15-12-14(9-10-17(15)20)18(21)19-16-7-5-4-6-8-16/h4-10,12-13H,3,11H2,1-2H3,(H,19,21)/t13-/m0/s1. The summed E-state index contributed by atoms with van der Waals surface area (Å²) in [6, 6.07) is 14.3. The molecule has 0 aliphatic carbocycles. The van der Waals surface area contributed by atoms with Crippen LogP contribution in [0.1, 0.15) is 29.8 Å². The predicted octanol–water partition coefficient (Wildman–Crippen LogP) is 3.04. The maximum atomic E-state index is 12.4. The third-order valence-corrected chi connectivity index (χ3v) is 6.08. The van der Waals surface area contributed by atoms with Gasteiger partial charge in [0.15, 0.2) is 0 Å². The van der Waals surface area contributed by atoms with Crippen molar-refractivity contribution < 1.29 is 13.2 Å². The molecule has 0 spiro atoms. The zero-order chi connectivity index (χ0) is 17.3. The largest absolute Gasteiger partial charge is 0.322 e. The fourth-order valence-electron chi connectivity index (χ4n) is 3.03. The van der Waals surface area contributed by atoms with Crippen LogP contribution in [0.2, 0.25) is 0 Å². The molecule has 6 heteroatoms. The van der Waals surface area contributed by atoms with Crippen LogP contribution in [0.25, 0.3) is 0 Å². The summed E-state index contributed by atoms with van der Waals surface area (Å²) in [5.41, 5.74) is 2.83. The van der Waals surface area contributed by atoms with Gasteiger partial charge < -0.3 is 5.32 Å². The van der Waals surface area contributed by atoms with E-state index in [-0.39, 0.29) is 17.7 Å². The SMILES string of the molecule is CCS(=O)(=O)N1c2ccc(C(=O)Nc3ccccc3)cc2C[C@@H]1C. The third kappa shape index (κ3) is 3.01. The van der Waals surface area contributed by atoms with Gasteiger partial charge in [-0.25, -0.2) is 8.42 Å². The van der Waals surface area contributed by atoms with Gasteiger partial charge in [0.25, 0.3) is 5.91 Å². The average molecular weight is 344 g/mol.